The topological polar surface area (TPSA) is 0 Å². The Bertz CT molecular complexity index is 353. The van der Waals surface area contributed by atoms with Crippen LogP contribution in [0.3, 0.4) is 0 Å². The Hall–Kier alpha value is 0.1000. The maximum absolute atomic E-state index is 14.0. The summed E-state index contributed by atoms with van der Waals surface area (Å²) < 4.78 is 117. The Morgan fingerprint density at radius 1 is 0.750 bits per heavy atom. The molecule has 0 bridgehead atoms. The lowest BCUT2D eigenvalue weighted by Crippen LogP contribution is -2.55. The third-order valence-electron chi connectivity index (χ3n) is 3.28. The molecule has 20 heavy (non-hydrogen) atoms. The van der Waals surface area contributed by atoms with Crippen molar-refractivity contribution in [3.63, 3.8) is 0 Å². The third kappa shape index (κ3) is 1.88. The summed E-state index contributed by atoms with van der Waals surface area (Å²) >= 11 is 1.30. The van der Waals surface area contributed by atoms with Crippen molar-refractivity contribution < 1.29 is 39.5 Å². The Morgan fingerprint density at radius 3 is 1.40 bits per heavy atom. The van der Waals surface area contributed by atoms with E-state index in [9.17, 15) is 39.5 Å². The van der Waals surface area contributed by atoms with E-state index in [4.69, 9.17) is 0 Å². The average Bonchev–Trinajstić information content (AvgIpc) is 2.31. The van der Waals surface area contributed by atoms with E-state index in [-0.39, 0.29) is 12.8 Å². The highest BCUT2D eigenvalue weighted by atomic mass is 127. The zero-order valence-corrected chi connectivity index (χ0v) is 12.1. The van der Waals surface area contributed by atoms with Crippen molar-refractivity contribution in [2.24, 2.45) is 0 Å². The molecule has 10 heteroatoms. The molecule has 1 atom stereocenters. The molecule has 0 aliphatic heterocycles. The summed E-state index contributed by atoms with van der Waals surface area (Å²) in [7, 11) is 0. The Kier molecular flexibility index (Phi) is 4.36. The first-order valence-electron chi connectivity index (χ1n) is 5.55. The van der Waals surface area contributed by atoms with Crippen molar-refractivity contribution in [1.82, 2.24) is 0 Å². The normalized spacial score (nSPS) is 30.1. The minimum Gasteiger partial charge on any atom is -0.230 e. The molecule has 1 saturated carbocycles. The van der Waals surface area contributed by atoms with Gasteiger partial charge in [-0.05, 0) is 6.42 Å². The van der Waals surface area contributed by atoms with Gasteiger partial charge in [0.05, 0.1) is 0 Å². The van der Waals surface area contributed by atoms with Crippen LogP contribution in [0.5, 0.6) is 0 Å². The van der Waals surface area contributed by atoms with Gasteiger partial charge in [0.1, 0.15) is 0 Å². The molecule has 1 fully saturated rings. The molecule has 0 aromatic carbocycles. The van der Waals surface area contributed by atoms with E-state index in [0.717, 1.165) is 0 Å². The van der Waals surface area contributed by atoms with Crippen LogP contribution in [0.25, 0.3) is 0 Å². The zero-order valence-electron chi connectivity index (χ0n) is 9.98. The summed E-state index contributed by atoms with van der Waals surface area (Å²) in [4.78, 5) is 0. The largest absolute Gasteiger partial charge is 0.381 e. The fraction of sp³-hybridized carbons (Fsp3) is 1.00. The van der Waals surface area contributed by atoms with Crippen LogP contribution >= 0.6 is 22.6 Å². The van der Waals surface area contributed by atoms with Crippen molar-refractivity contribution in [3.8, 4) is 0 Å². The van der Waals surface area contributed by atoms with Crippen LogP contribution in [0.4, 0.5) is 39.5 Å². The smallest absolute Gasteiger partial charge is 0.230 e. The third-order valence-corrected chi connectivity index (χ3v) is 4.35. The Morgan fingerprint density at radius 2 is 1.10 bits per heavy atom. The number of halogens is 10. The molecule has 0 spiro atoms. The standard InChI is InChI=1S/C10H10F9I/c1-2-3-5(20)4-6(11)7(12,13)9(16,17)10(18,19)8(6,14)15/h5H,2-4H2,1H3. The molecule has 0 saturated heterocycles. The molecular formula is C10H10F9I. The lowest BCUT2D eigenvalue weighted by Gasteiger charge is -2.32. The number of rotatable bonds is 4. The molecular weight excluding hydrogens is 418 g/mol. The second kappa shape index (κ2) is 4.80. The van der Waals surface area contributed by atoms with Gasteiger partial charge in [0, 0.05) is 10.3 Å². The van der Waals surface area contributed by atoms with Gasteiger partial charge in [-0.25, -0.2) is 4.39 Å². The van der Waals surface area contributed by atoms with Crippen LogP contribution in [-0.2, 0) is 0 Å². The number of alkyl halides is 10. The predicted octanol–water partition coefficient (Wildman–Crippen LogP) is 5.24. The first kappa shape index (κ1) is 18.1. The van der Waals surface area contributed by atoms with Gasteiger partial charge >= 0.3 is 23.7 Å². The second-order valence-corrected chi connectivity index (χ2v) is 6.45. The summed E-state index contributed by atoms with van der Waals surface area (Å²) in [6.07, 6.45) is -1.56. The maximum Gasteiger partial charge on any atom is 0.381 e. The van der Waals surface area contributed by atoms with E-state index < -0.39 is 39.7 Å². The van der Waals surface area contributed by atoms with Crippen LogP contribution in [0.1, 0.15) is 26.2 Å². The van der Waals surface area contributed by atoms with E-state index in [1.165, 1.54) is 29.5 Å². The molecule has 0 amide bonds. The van der Waals surface area contributed by atoms with E-state index in [0.29, 0.717) is 0 Å². The van der Waals surface area contributed by atoms with Crippen molar-refractivity contribution in [2.45, 2.75) is 59.5 Å². The van der Waals surface area contributed by atoms with Crippen molar-refractivity contribution >= 4 is 22.6 Å². The SMILES string of the molecule is CCCC(I)CC1(F)C(F)(F)C(F)(F)C(F)(F)C1(F)F. The molecule has 0 aromatic heterocycles. The molecule has 0 radical (unpaired) electrons. The average molecular weight is 428 g/mol. The van der Waals surface area contributed by atoms with Crippen LogP contribution < -0.4 is 0 Å². The molecule has 0 N–H and O–H groups in total. The first-order valence-corrected chi connectivity index (χ1v) is 6.79. The zero-order chi connectivity index (χ0) is 16.2. The molecule has 1 aliphatic rings. The summed E-state index contributed by atoms with van der Waals surface area (Å²) in [6, 6.07) is 0. The Balaban J connectivity index is 3.37. The second-order valence-electron chi connectivity index (χ2n) is 4.69. The van der Waals surface area contributed by atoms with Gasteiger partial charge in [0.2, 0.25) is 0 Å². The van der Waals surface area contributed by atoms with Gasteiger partial charge in [-0.3, -0.25) is 0 Å². The van der Waals surface area contributed by atoms with E-state index in [2.05, 4.69) is 0 Å². The number of hydrogen-bond acceptors (Lipinski definition) is 0. The van der Waals surface area contributed by atoms with E-state index in [1.54, 1.807) is 0 Å². The van der Waals surface area contributed by atoms with Gasteiger partial charge < -0.3 is 0 Å². The van der Waals surface area contributed by atoms with Crippen LogP contribution in [0, 0.1) is 0 Å². The van der Waals surface area contributed by atoms with E-state index in [1.807, 2.05) is 0 Å². The maximum atomic E-state index is 14.0. The molecule has 0 aromatic rings. The molecule has 1 aliphatic carbocycles. The van der Waals surface area contributed by atoms with Gasteiger partial charge in [-0.2, -0.15) is 35.1 Å². The summed E-state index contributed by atoms with van der Waals surface area (Å²) in [5, 5.41) is 0. The van der Waals surface area contributed by atoms with Crippen molar-refractivity contribution in [1.29, 1.82) is 0 Å². The minimum absolute atomic E-state index is 0.0461. The highest BCUT2D eigenvalue weighted by Crippen LogP contribution is 2.70. The van der Waals surface area contributed by atoms with Gasteiger partial charge in [0.15, 0.2) is 0 Å². The summed E-state index contributed by atoms with van der Waals surface area (Å²) in [6.45, 7) is 1.52. The van der Waals surface area contributed by atoms with Gasteiger partial charge in [0.25, 0.3) is 5.67 Å². The fourth-order valence-corrected chi connectivity index (χ4v) is 3.30. The first-order chi connectivity index (χ1) is 8.70. The predicted molar refractivity (Wildman–Crippen MR) is 61.0 cm³/mol. The minimum atomic E-state index is -6.46. The highest BCUT2D eigenvalue weighted by molar-refractivity contribution is 14.1. The molecule has 120 valence electrons. The van der Waals surface area contributed by atoms with Crippen LogP contribution in [-0.4, -0.2) is 33.3 Å². The van der Waals surface area contributed by atoms with Crippen LogP contribution in [0.2, 0.25) is 0 Å². The molecule has 0 heterocycles. The monoisotopic (exact) mass is 428 g/mol. The highest BCUT2D eigenvalue weighted by Gasteiger charge is 3.00. The summed E-state index contributed by atoms with van der Waals surface area (Å²) in [5.74, 6) is -25.2. The molecule has 1 unspecified atom stereocenters. The fourth-order valence-electron chi connectivity index (χ4n) is 2.07. The lowest BCUT2D eigenvalue weighted by atomic mass is 9.90. The van der Waals surface area contributed by atoms with Gasteiger partial charge in [-0.1, -0.05) is 35.9 Å². The van der Waals surface area contributed by atoms with Gasteiger partial charge in [-0.15, -0.1) is 0 Å². The van der Waals surface area contributed by atoms with E-state index >= 15 is 0 Å². The van der Waals surface area contributed by atoms with Crippen molar-refractivity contribution in [2.75, 3.05) is 0 Å². The molecule has 0 nitrogen and oxygen atoms in total. The Labute approximate surface area is 122 Å². The summed E-state index contributed by atoms with van der Waals surface area (Å²) in [5.41, 5.74) is -5.30. The quantitative estimate of drug-likeness (QED) is 0.327. The lowest BCUT2D eigenvalue weighted by molar-refractivity contribution is -0.303. The molecule has 1 rings (SSSR count). The van der Waals surface area contributed by atoms with Crippen molar-refractivity contribution in [3.05, 3.63) is 0 Å². The van der Waals surface area contributed by atoms with Crippen LogP contribution in [0.15, 0.2) is 0 Å². The number of hydrogen-bond donors (Lipinski definition) is 0.